The fraction of sp³-hybridized carbons (Fsp3) is 0.429. The zero-order chi connectivity index (χ0) is 17.0. The summed E-state index contributed by atoms with van der Waals surface area (Å²) in [5.41, 5.74) is 1.40. The van der Waals surface area contributed by atoms with Gasteiger partial charge in [0.25, 0.3) is 5.91 Å². The van der Waals surface area contributed by atoms with Crippen LogP contribution in [0.1, 0.15) is 15.4 Å². The Hall–Kier alpha value is -2.26. The van der Waals surface area contributed by atoms with Crippen LogP contribution in [-0.2, 0) is 16.6 Å². The van der Waals surface area contributed by atoms with E-state index in [0.29, 0.717) is 15.6 Å². The molecule has 0 aromatic carbocycles. The van der Waals surface area contributed by atoms with Crippen LogP contribution in [0.25, 0.3) is 10.6 Å². The molecule has 0 saturated carbocycles. The lowest BCUT2D eigenvalue weighted by atomic mass is 10.3. The maximum absolute atomic E-state index is 12.6. The molecule has 0 unspecified atom stereocenters. The molecular formula is C14H18N4O4S. The average molecular weight is 338 g/mol. The number of nitrogens with zero attached hydrogens (tertiary/aromatic N) is 4. The summed E-state index contributed by atoms with van der Waals surface area (Å²) in [7, 11) is 3.30. The zero-order valence-corrected chi connectivity index (χ0v) is 14.0. The van der Waals surface area contributed by atoms with Crippen LogP contribution < -0.4 is 0 Å². The van der Waals surface area contributed by atoms with Crippen molar-refractivity contribution >= 4 is 23.2 Å². The highest BCUT2D eigenvalue weighted by atomic mass is 32.1. The van der Waals surface area contributed by atoms with E-state index in [1.807, 2.05) is 6.20 Å². The third kappa shape index (κ3) is 4.14. The van der Waals surface area contributed by atoms with Crippen molar-refractivity contribution in [1.29, 1.82) is 0 Å². The Morgan fingerprint density at radius 1 is 1.48 bits per heavy atom. The van der Waals surface area contributed by atoms with Crippen LogP contribution in [0.15, 0.2) is 12.4 Å². The maximum atomic E-state index is 12.6. The second-order valence-electron chi connectivity index (χ2n) is 4.95. The zero-order valence-electron chi connectivity index (χ0n) is 13.1. The molecule has 0 saturated heterocycles. The third-order valence-electron chi connectivity index (χ3n) is 3.12. The number of hydrogen-bond donors (Lipinski definition) is 1. The number of carbonyl (C=O) groups excluding carboxylic acids is 1. The minimum absolute atomic E-state index is 0.210. The quantitative estimate of drug-likeness (QED) is 0.809. The number of hydrogen-bond acceptors (Lipinski definition) is 6. The predicted octanol–water partition coefficient (Wildman–Crippen LogP) is 1.03. The van der Waals surface area contributed by atoms with E-state index in [2.05, 4.69) is 10.1 Å². The third-order valence-corrected chi connectivity index (χ3v) is 4.32. The molecule has 0 fully saturated rings. The van der Waals surface area contributed by atoms with Gasteiger partial charge in [-0.05, 0) is 6.92 Å². The molecule has 23 heavy (non-hydrogen) atoms. The molecule has 124 valence electrons. The average Bonchev–Trinajstić information content (AvgIpc) is 3.08. The molecule has 1 amide bonds. The van der Waals surface area contributed by atoms with E-state index in [-0.39, 0.29) is 25.6 Å². The molecule has 2 aromatic heterocycles. The molecule has 0 aliphatic carbocycles. The van der Waals surface area contributed by atoms with Crippen LogP contribution in [0.5, 0.6) is 0 Å². The van der Waals surface area contributed by atoms with Gasteiger partial charge in [-0.25, -0.2) is 4.98 Å². The number of ether oxygens (including phenoxy) is 1. The minimum atomic E-state index is -1.07. The number of thiazole rings is 1. The van der Waals surface area contributed by atoms with Crippen molar-refractivity contribution in [3.8, 4) is 10.6 Å². The Morgan fingerprint density at radius 2 is 2.22 bits per heavy atom. The summed E-state index contributed by atoms with van der Waals surface area (Å²) in [6, 6.07) is 0. The van der Waals surface area contributed by atoms with Gasteiger partial charge in [0, 0.05) is 32.5 Å². The fourth-order valence-electron chi connectivity index (χ4n) is 2.01. The lowest BCUT2D eigenvalue weighted by molar-refractivity contribution is -0.137. The van der Waals surface area contributed by atoms with Gasteiger partial charge in [-0.1, -0.05) is 0 Å². The van der Waals surface area contributed by atoms with Crippen LogP contribution in [0.2, 0.25) is 0 Å². The first-order valence-corrected chi connectivity index (χ1v) is 7.70. The minimum Gasteiger partial charge on any atom is -0.480 e. The first-order chi connectivity index (χ1) is 10.9. The van der Waals surface area contributed by atoms with Gasteiger partial charge in [0.05, 0.1) is 18.5 Å². The largest absolute Gasteiger partial charge is 0.480 e. The fourth-order valence-corrected chi connectivity index (χ4v) is 3.02. The SMILES string of the molecule is COCCN(CC(=O)O)C(=O)c1sc(-c2cnn(C)c2)nc1C. The lowest BCUT2D eigenvalue weighted by Crippen LogP contribution is -2.37. The highest BCUT2D eigenvalue weighted by molar-refractivity contribution is 7.17. The summed E-state index contributed by atoms with van der Waals surface area (Å²) in [4.78, 5) is 29.7. The molecule has 2 aromatic rings. The van der Waals surface area contributed by atoms with E-state index < -0.39 is 5.97 Å². The predicted molar refractivity (Wildman–Crippen MR) is 84.5 cm³/mol. The molecule has 1 N–H and O–H groups in total. The number of methoxy groups -OCH3 is 1. The van der Waals surface area contributed by atoms with Crippen molar-refractivity contribution in [2.75, 3.05) is 26.8 Å². The van der Waals surface area contributed by atoms with Crippen molar-refractivity contribution < 1.29 is 19.4 Å². The summed E-state index contributed by atoms with van der Waals surface area (Å²) in [5, 5.41) is 13.7. The lowest BCUT2D eigenvalue weighted by Gasteiger charge is -2.19. The van der Waals surface area contributed by atoms with Crippen LogP contribution in [-0.4, -0.2) is 63.5 Å². The number of aromatic nitrogens is 3. The summed E-state index contributed by atoms with van der Waals surface area (Å²) in [6.07, 6.45) is 3.49. The molecule has 0 aliphatic heterocycles. The van der Waals surface area contributed by atoms with E-state index in [4.69, 9.17) is 9.84 Å². The van der Waals surface area contributed by atoms with E-state index >= 15 is 0 Å². The Balaban J connectivity index is 2.26. The van der Waals surface area contributed by atoms with Crippen molar-refractivity contribution in [2.24, 2.45) is 7.05 Å². The summed E-state index contributed by atoms with van der Waals surface area (Å²) in [6.45, 7) is 1.84. The second-order valence-corrected chi connectivity index (χ2v) is 5.95. The first-order valence-electron chi connectivity index (χ1n) is 6.88. The van der Waals surface area contributed by atoms with E-state index in [0.717, 1.165) is 5.56 Å². The molecular weight excluding hydrogens is 320 g/mol. The molecule has 0 spiro atoms. The van der Waals surface area contributed by atoms with Gasteiger partial charge >= 0.3 is 5.97 Å². The topological polar surface area (TPSA) is 97.5 Å². The smallest absolute Gasteiger partial charge is 0.323 e. The van der Waals surface area contributed by atoms with Crippen molar-refractivity contribution in [2.45, 2.75) is 6.92 Å². The van der Waals surface area contributed by atoms with Gasteiger partial charge in [0.2, 0.25) is 0 Å². The number of carbonyl (C=O) groups is 2. The number of carboxylic acid groups (broad SMARTS) is 1. The second kappa shape index (κ2) is 7.34. The van der Waals surface area contributed by atoms with E-state index in [9.17, 15) is 9.59 Å². The monoisotopic (exact) mass is 338 g/mol. The molecule has 0 radical (unpaired) electrons. The van der Waals surface area contributed by atoms with Gasteiger partial charge in [-0.15, -0.1) is 11.3 Å². The Morgan fingerprint density at radius 3 is 2.78 bits per heavy atom. The van der Waals surface area contributed by atoms with Gasteiger partial charge in [0.1, 0.15) is 16.4 Å². The van der Waals surface area contributed by atoms with Gasteiger partial charge < -0.3 is 14.7 Å². The molecule has 9 heteroatoms. The van der Waals surface area contributed by atoms with Gasteiger partial charge in [-0.3, -0.25) is 14.3 Å². The van der Waals surface area contributed by atoms with Crippen molar-refractivity contribution in [1.82, 2.24) is 19.7 Å². The number of amides is 1. The highest BCUT2D eigenvalue weighted by Crippen LogP contribution is 2.28. The maximum Gasteiger partial charge on any atom is 0.323 e. The van der Waals surface area contributed by atoms with Crippen molar-refractivity contribution in [3.63, 3.8) is 0 Å². The Kier molecular flexibility index (Phi) is 5.45. The molecule has 0 atom stereocenters. The first kappa shape index (κ1) is 17.1. The van der Waals surface area contributed by atoms with Crippen LogP contribution in [0.3, 0.4) is 0 Å². The molecule has 8 nitrogen and oxygen atoms in total. The number of rotatable bonds is 7. The summed E-state index contributed by atoms with van der Waals surface area (Å²) < 4.78 is 6.59. The molecule has 2 rings (SSSR count). The molecule has 0 aliphatic rings. The standard InChI is InChI=1S/C14H18N4O4S/c1-9-12(14(21)18(4-5-22-3)8-11(19)20)23-13(16-9)10-6-15-17(2)7-10/h6-7H,4-5,8H2,1-3H3,(H,19,20). The van der Waals surface area contributed by atoms with E-state index in [1.165, 1.54) is 23.3 Å². The highest BCUT2D eigenvalue weighted by Gasteiger charge is 2.23. The van der Waals surface area contributed by atoms with Crippen molar-refractivity contribution in [3.05, 3.63) is 23.0 Å². The number of carboxylic acids is 1. The normalized spacial score (nSPS) is 10.7. The number of aliphatic carboxylic acids is 1. The van der Waals surface area contributed by atoms with Crippen LogP contribution >= 0.6 is 11.3 Å². The summed E-state index contributed by atoms with van der Waals surface area (Å²) >= 11 is 1.23. The Bertz CT molecular complexity index is 709. The molecule has 0 bridgehead atoms. The molecule has 2 heterocycles. The summed E-state index contributed by atoms with van der Waals surface area (Å²) in [5.74, 6) is -1.42. The van der Waals surface area contributed by atoms with Gasteiger partial charge in [-0.2, -0.15) is 5.10 Å². The Labute approximate surface area is 137 Å². The van der Waals surface area contributed by atoms with Crippen LogP contribution in [0, 0.1) is 6.92 Å². The number of aryl methyl sites for hydroxylation is 2. The van der Waals surface area contributed by atoms with Crippen LogP contribution in [0.4, 0.5) is 0 Å². The van der Waals surface area contributed by atoms with Gasteiger partial charge in [0.15, 0.2) is 0 Å². The van der Waals surface area contributed by atoms with E-state index in [1.54, 1.807) is 24.9 Å².